The Labute approximate surface area is 181 Å². The van der Waals surface area contributed by atoms with Gasteiger partial charge in [0.2, 0.25) is 5.91 Å². The van der Waals surface area contributed by atoms with Gasteiger partial charge in [-0.1, -0.05) is 23.4 Å². The molecule has 2 aromatic rings. The summed E-state index contributed by atoms with van der Waals surface area (Å²) >= 11 is 6.91. The Balaban J connectivity index is 2.29. The number of aromatic nitrogens is 2. The molecular weight excluding hydrogens is 443 g/mol. The summed E-state index contributed by atoms with van der Waals surface area (Å²) < 4.78 is 44.0. The van der Waals surface area contributed by atoms with E-state index in [1.165, 1.54) is 17.6 Å². The zero-order valence-corrected chi connectivity index (χ0v) is 18.3. The summed E-state index contributed by atoms with van der Waals surface area (Å²) in [5.74, 6) is -0.799. The zero-order valence-electron chi connectivity index (χ0n) is 16.8. The number of fused-ring (bicyclic) bond motifs is 1. The van der Waals surface area contributed by atoms with Crippen LogP contribution in [0.3, 0.4) is 0 Å². The fourth-order valence-corrected chi connectivity index (χ4v) is 3.67. The van der Waals surface area contributed by atoms with Crippen molar-refractivity contribution in [2.45, 2.75) is 56.4 Å². The quantitative estimate of drug-likeness (QED) is 0.344. The molecule has 0 aliphatic carbocycles. The predicted octanol–water partition coefficient (Wildman–Crippen LogP) is 4.02. The van der Waals surface area contributed by atoms with Gasteiger partial charge in [-0.15, -0.1) is 0 Å². The monoisotopic (exact) mass is 465 g/mol. The molecule has 0 saturated carbocycles. The van der Waals surface area contributed by atoms with Gasteiger partial charge in [0.25, 0.3) is 5.56 Å². The molecule has 166 valence electrons. The maximum atomic E-state index is 13.0. The summed E-state index contributed by atoms with van der Waals surface area (Å²) in [6.45, 7) is 4.55. The number of ether oxygens (including phenoxy) is 1. The number of thioether (sulfide) groups is 1. The molecule has 1 aromatic carbocycles. The molecule has 1 heterocycles. The molecule has 1 aromatic heterocycles. The van der Waals surface area contributed by atoms with Crippen LogP contribution in [0.2, 0.25) is 5.02 Å². The predicted molar refractivity (Wildman–Crippen MR) is 111 cm³/mol. The van der Waals surface area contributed by atoms with Crippen LogP contribution >= 0.6 is 23.4 Å². The first-order valence-electron chi connectivity index (χ1n) is 9.30. The van der Waals surface area contributed by atoms with Crippen LogP contribution in [-0.4, -0.2) is 46.1 Å². The van der Waals surface area contributed by atoms with Gasteiger partial charge in [-0.3, -0.25) is 14.2 Å². The second-order valence-corrected chi connectivity index (χ2v) is 8.62. The van der Waals surface area contributed by atoms with Crippen molar-refractivity contribution in [3.8, 4) is 0 Å². The van der Waals surface area contributed by atoms with E-state index in [2.05, 4.69) is 4.98 Å². The number of carbonyl (C=O) groups is 1. The highest BCUT2D eigenvalue weighted by atomic mass is 35.5. The van der Waals surface area contributed by atoms with E-state index in [-0.39, 0.29) is 23.4 Å². The number of nitrogens with zero attached hydrogens (tertiary/aromatic N) is 2. The Bertz CT molecular complexity index is 950. The van der Waals surface area contributed by atoms with Crippen LogP contribution in [0.25, 0.3) is 10.9 Å². The molecule has 0 aliphatic rings. The van der Waals surface area contributed by atoms with Crippen LogP contribution in [0.1, 0.15) is 27.2 Å². The van der Waals surface area contributed by atoms with E-state index in [4.69, 9.17) is 16.3 Å². The third-order valence-corrected chi connectivity index (χ3v) is 5.30. The lowest BCUT2D eigenvalue weighted by Gasteiger charge is -2.17. The number of benzene rings is 1. The van der Waals surface area contributed by atoms with Gasteiger partial charge in [0, 0.05) is 18.2 Å². The van der Waals surface area contributed by atoms with E-state index < -0.39 is 23.9 Å². The van der Waals surface area contributed by atoms with Gasteiger partial charge in [0.05, 0.1) is 22.3 Å². The highest BCUT2D eigenvalue weighted by Gasteiger charge is 2.29. The molecule has 0 saturated heterocycles. The van der Waals surface area contributed by atoms with Crippen molar-refractivity contribution in [1.82, 2.24) is 14.9 Å². The van der Waals surface area contributed by atoms with Crippen LogP contribution in [-0.2, 0) is 16.1 Å². The molecule has 0 spiro atoms. The number of carbonyl (C=O) groups excluding carboxylic acids is 1. The largest absolute Gasteiger partial charge is 0.405 e. The van der Waals surface area contributed by atoms with E-state index in [1.807, 2.05) is 19.2 Å². The van der Waals surface area contributed by atoms with E-state index in [0.29, 0.717) is 29.0 Å². The van der Waals surface area contributed by atoms with Crippen molar-refractivity contribution < 1.29 is 22.7 Å². The third-order valence-electron chi connectivity index (χ3n) is 3.97. The lowest BCUT2D eigenvalue weighted by Crippen LogP contribution is -2.38. The van der Waals surface area contributed by atoms with Crippen molar-refractivity contribution in [3.05, 3.63) is 33.6 Å². The van der Waals surface area contributed by atoms with Crippen LogP contribution in [0.15, 0.2) is 28.2 Å². The van der Waals surface area contributed by atoms with Crippen molar-refractivity contribution in [1.29, 1.82) is 0 Å². The summed E-state index contributed by atoms with van der Waals surface area (Å²) in [6.07, 6.45) is -3.93. The average Bonchev–Trinajstić information content (AvgIpc) is 2.64. The van der Waals surface area contributed by atoms with Crippen molar-refractivity contribution >= 4 is 40.2 Å². The first kappa shape index (κ1) is 24.5. The van der Waals surface area contributed by atoms with Gasteiger partial charge in [-0.25, -0.2) is 4.98 Å². The summed E-state index contributed by atoms with van der Waals surface area (Å²) in [7, 11) is 0. The van der Waals surface area contributed by atoms with Crippen LogP contribution in [0.4, 0.5) is 13.2 Å². The lowest BCUT2D eigenvalue weighted by atomic mass is 10.2. The molecule has 11 heteroatoms. The summed E-state index contributed by atoms with van der Waals surface area (Å²) in [6, 6.07) is 4.68. The smallest absolute Gasteiger partial charge is 0.379 e. The number of hydrogen-bond acceptors (Lipinski definition) is 5. The Hall–Kier alpha value is -1.78. The first-order valence-corrected chi connectivity index (χ1v) is 10.6. The van der Waals surface area contributed by atoms with Gasteiger partial charge in [0.15, 0.2) is 5.16 Å². The van der Waals surface area contributed by atoms with E-state index >= 15 is 0 Å². The Morgan fingerprint density at radius 3 is 2.67 bits per heavy atom. The van der Waals surface area contributed by atoms with Gasteiger partial charge in [0.1, 0.15) is 6.54 Å². The topological polar surface area (TPSA) is 73.2 Å². The fourth-order valence-electron chi connectivity index (χ4n) is 2.55. The molecule has 1 N–H and O–H groups in total. The fraction of sp³-hybridized carbons (Fsp3) is 0.526. The molecule has 2 rings (SSSR count). The zero-order chi connectivity index (χ0) is 22.5. The highest BCUT2D eigenvalue weighted by molar-refractivity contribution is 8.00. The van der Waals surface area contributed by atoms with Crippen LogP contribution < -0.4 is 10.9 Å². The molecule has 1 atom stereocenters. The van der Waals surface area contributed by atoms with Crippen LogP contribution in [0, 0.1) is 0 Å². The third kappa shape index (κ3) is 7.17. The molecule has 6 nitrogen and oxygen atoms in total. The maximum Gasteiger partial charge on any atom is 0.405 e. The lowest BCUT2D eigenvalue weighted by molar-refractivity contribution is -0.137. The number of nitrogens with one attached hydrogen (secondary N) is 1. The average molecular weight is 466 g/mol. The summed E-state index contributed by atoms with van der Waals surface area (Å²) in [5.41, 5.74) is 0.0409. The SMILES string of the molecule is CC(C)OCCCn1c(SC(C)C(=O)NCC(F)(F)F)nc2cc(Cl)ccc2c1=O. The van der Waals surface area contributed by atoms with Crippen molar-refractivity contribution in [2.24, 2.45) is 0 Å². The molecule has 1 unspecified atom stereocenters. The molecule has 0 fully saturated rings. The Morgan fingerprint density at radius 1 is 1.33 bits per heavy atom. The first-order chi connectivity index (χ1) is 14.0. The number of halogens is 4. The van der Waals surface area contributed by atoms with Crippen molar-refractivity contribution in [3.63, 3.8) is 0 Å². The second-order valence-electron chi connectivity index (χ2n) is 6.88. The van der Waals surface area contributed by atoms with Gasteiger partial charge in [-0.2, -0.15) is 13.2 Å². The molecule has 1 amide bonds. The number of alkyl halides is 3. The maximum absolute atomic E-state index is 13.0. The van der Waals surface area contributed by atoms with E-state index in [1.54, 1.807) is 12.1 Å². The van der Waals surface area contributed by atoms with Gasteiger partial charge >= 0.3 is 6.18 Å². The number of rotatable bonds is 9. The molecular formula is C19H23ClF3N3O3S. The summed E-state index contributed by atoms with van der Waals surface area (Å²) in [4.78, 5) is 29.5. The second kappa shape index (κ2) is 10.5. The van der Waals surface area contributed by atoms with Crippen molar-refractivity contribution in [2.75, 3.05) is 13.2 Å². The minimum Gasteiger partial charge on any atom is -0.379 e. The highest BCUT2D eigenvalue weighted by Crippen LogP contribution is 2.24. The van der Waals surface area contributed by atoms with Crippen LogP contribution in [0.5, 0.6) is 0 Å². The Morgan fingerprint density at radius 2 is 2.03 bits per heavy atom. The number of hydrogen-bond donors (Lipinski definition) is 1. The standard InChI is InChI=1S/C19H23ClF3N3O3S/c1-11(2)29-8-4-7-26-17(28)14-6-5-13(20)9-15(14)25-18(26)30-12(3)16(27)24-10-19(21,22)23/h5-6,9,11-12H,4,7-8,10H2,1-3H3,(H,24,27). The minimum absolute atomic E-state index is 0.0461. The van der Waals surface area contributed by atoms with Gasteiger partial charge < -0.3 is 10.1 Å². The number of amides is 1. The molecule has 0 radical (unpaired) electrons. The molecule has 0 bridgehead atoms. The molecule has 30 heavy (non-hydrogen) atoms. The van der Waals surface area contributed by atoms with Gasteiger partial charge in [-0.05, 0) is 45.4 Å². The summed E-state index contributed by atoms with van der Waals surface area (Å²) in [5, 5.41) is 1.94. The normalized spacial score (nSPS) is 13.1. The van der Waals surface area contributed by atoms with E-state index in [0.717, 1.165) is 11.8 Å². The Kier molecular flexibility index (Phi) is 8.57. The molecule has 0 aliphatic heterocycles. The van der Waals surface area contributed by atoms with E-state index in [9.17, 15) is 22.8 Å². The minimum atomic E-state index is -4.50.